The molecule has 1 aliphatic rings. The van der Waals surface area contributed by atoms with Crippen molar-refractivity contribution in [3.63, 3.8) is 0 Å². The zero-order valence-corrected chi connectivity index (χ0v) is 9.35. The highest BCUT2D eigenvalue weighted by Crippen LogP contribution is 2.48. The SMILES string of the molecule is C=C(CNC1(C(F)(F)F)CC1)c1ccccc1. The lowest BCUT2D eigenvalue weighted by molar-refractivity contribution is -0.165. The fourth-order valence-electron chi connectivity index (χ4n) is 1.74. The maximum absolute atomic E-state index is 12.7. The van der Waals surface area contributed by atoms with Crippen LogP contribution in [0.4, 0.5) is 13.2 Å². The van der Waals surface area contributed by atoms with Crippen LogP contribution in [0.2, 0.25) is 0 Å². The Bertz CT molecular complexity index is 404. The summed E-state index contributed by atoms with van der Waals surface area (Å²) in [4.78, 5) is 0. The maximum atomic E-state index is 12.7. The number of alkyl halides is 3. The van der Waals surface area contributed by atoms with Crippen molar-refractivity contribution in [2.24, 2.45) is 0 Å². The molecule has 0 saturated heterocycles. The van der Waals surface area contributed by atoms with Gasteiger partial charge < -0.3 is 0 Å². The summed E-state index contributed by atoms with van der Waals surface area (Å²) in [6.07, 6.45) is -3.83. The Morgan fingerprint density at radius 2 is 1.82 bits per heavy atom. The molecule has 1 aromatic rings. The Morgan fingerprint density at radius 3 is 2.29 bits per heavy atom. The zero-order chi connectivity index (χ0) is 12.5. The van der Waals surface area contributed by atoms with E-state index in [0.29, 0.717) is 5.57 Å². The van der Waals surface area contributed by atoms with E-state index >= 15 is 0 Å². The first-order valence-electron chi connectivity index (χ1n) is 5.50. The zero-order valence-electron chi connectivity index (χ0n) is 9.35. The van der Waals surface area contributed by atoms with Crippen LogP contribution in [0.5, 0.6) is 0 Å². The van der Waals surface area contributed by atoms with Gasteiger partial charge in [0.25, 0.3) is 0 Å². The fraction of sp³-hybridized carbons (Fsp3) is 0.385. The van der Waals surface area contributed by atoms with Crippen molar-refractivity contribution in [3.05, 3.63) is 42.5 Å². The first kappa shape index (κ1) is 12.2. The summed E-state index contributed by atoms with van der Waals surface area (Å²) in [6.45, 7) is 3.98. The number of halogens is 3. The normalized spacial score (nSPS) is 17.8. The fourth-order valence-corrected chi connectivity index (χ4v) is 1.74. The van der Waals surface area contributed by atoms with Gasteiger partial charge in [0.2, 0.25) is 0 Å². The van der Waals surface area contributed by atoms with Crippen LogP contribution >= 0.6 is 0 Å². The topological polar surface area (TPSA) is 12.0 Å². The quantitative estimate of drug-likeness (QED) is 0.852. The second-order valence-corrected chi connectivity index (χ2v) is 4.40. The van der Waals surface area contributed by atoms with E-state index in [1.54, 1.807) is 0 Å². The molecule has 0 aromatic heterocycles. The van der Waals surface area contributed by atoms with E-state index in [1.165, 1.54) is 0 Å². The summed E-state index contributed by atoms with van der Waals surface area (Å²) in [5, 5.41) is 2.58. The molecule has 4 heteroatoms. The third-order valence-electron chi connectivity index (χ3n) is 3.11. The van der Waals surface area contributed by atoms with Gasteiger partial charge in [-0.15, -0.1) is 0 Å². The molecule has 1 nitrogen and oxygen atoms in total. The highest BCUT2D eigenvalue weighted by Gasteiger charge is 2.62. The van der Waals surface area contributed by atoms with Gasteiger partial charge in [-0.25, -0.2) is 0 Å². The van der Waals surface area contributed by atoms with E-state index in [1.807, 2.05) is 30.3 Å². The molecule has 0 amide bonds. The maximum Gasteiger partial charge on any atom is 0.406 e. The Kier molecular flexibility index (Phi) is 3.00. The molecule has 17 heavy (non-hydrogen) atoms. The Balaban J connectivity index is 1.94. The van der Waals surface area contributed by atoms with E-state index in [9.17, 15) is 13.2 Å². The van der Waals surface area contributed by atoms with Crippen LogP contribution in [-0.2, 0) is 0 Å². The average molecular weight is 241 g/mol. The smallest absolute Gasteiger partial charge is 0.299 e. The molecule has 0 unspecified atom stereocenters. The first-order valence-corrected chi connectivity index (χ1v) is 5.50. The summed E-state index contributed by atoms with van der Waals surface area (Å²) in [6, 6.07) is 9.24. The minimum absolute atomic E-state index is 0.165. The van der Waals surface area contributed by atoms with Crippen LogP contribution < -0.4 is 5.32 Å². The van der Waals surface area contributed by atoms with Gasteiger partial charge in [0.1, 0.15) is 5.54 Å². The minimum atomic E-state index is -4.16. The summed E-state index contributed by atoms with van der Waals surface area (Å²) in [5.74, 6) is 0. The van der Waals surface area contributed by atoms with Crippen molar-refractivity contribution in [1.29, 1.82) is 0 Å². The number of rotatable bonds is 4. The Hall–Kier alpha value is -1.29. The van der Waals surface area contributed by atoms with Gasteiger partial charge in [0, 0.05) is 6.54 Å². The van der Waals surface area contributed by atoms with Gasteiger partial charge in [-0.2, -0.15) is 13.2 Å². The van der Waals surface area contributed by atoms with Crippen molar-refractivity contribution in [1.82, 2.24) is 5.32 Å². The summed E-state index contributed by atoms with van der Waals surface area (Å²) in [5.41, 5.74) is -0.107. The van der Waals surface area contributed by atoms with E-state index in [2.05, 4.69) is 11.9 Å². The van der Waals surface area contributed by atoms with E-state index in [-0.39, 0.29) is 19.4 Å². The van der Waals surface area contributed by atoms with E-state index < -0.39 is 11.7 Å². The highest BCUT2D eigenvalue weighted by atomic mass is 19.4. The summed E-state index contributed by atoms with van der Waals surface area (Å²) < 4.78 is 38.0. The molecule has 0 atom stereocenters. The van der Waals surface area contributed by atoms with E-state index in [4.69, 9.17) is 0 Å². The predicted octanol–water partition coefficient (Wildman–Crippen LogP) is 3.38. The van der Waals surface area contributed by atoms with Gasteiger partial charge in [-0.1, -0.05) is 36.9 Å². The van der Waals surface area contributed by atoms with E-state index in [0.717, 1.165) is 5.56 Å². The van der Waals surface area contributed by atoms with Crippen molar-refractivity contribution in [2.45, 2.75) is 24.6 Å². The molecular weight excluding hydrogens is 227 g/mol. The second-order valence-electron chi connectivity index (χ2n) is 4.40. The van der Waals surface area contributed by atoms with Gasteiger partial charge >= 0.3 is 6.18 Å². The first-order chi connectivity index (χ1) is 7.95. The number of benzene rings is 1. The molecule has 0 radical (unpaired) electrons. The van der Waals surface area contributed by atoms with Crippen LogP contribution in [0, 0.1) is 0 Å². The Morgan fingerprint density at radius 1 is 1.24 bits per heavy atom. The van der Waals surface area contributed by atoms with Crippen LogP contribution in [0.15, 0.2) is 36.9 Å². The number of hydrogen-bond acceptors (Lipinski definition) is 1. The second kappa shape index (κ2) is 4.18. The third-order valence-corrected chi connectivity index (χ3v) is 3.11. The molecule has 0 heterocycles. The minimum Gasteiger partial charge on any atom is -0.299 e. The molecule has 1 N–H and O–H groups in total. The monoisotopic (exact) mass is 241 g/mol. The lowest BCUT2D eigenvalue weighted by Crippen LogP contribution is -2.45. The summed E-state index contributed by atoms with van der Waals surface area (Å²) >= 11 is 0. The third kappa shape index (κ3) is 2.52. The van der Waals surface area contributed by atoms with Crippen molar-refractivity contribution >= 4 is 5.57 Å². The molecule has 2 rings (SSSR count). The largest absolute Gasteiger partial charge is 0.406 e. The van der Waals surface area contributed by atoms with Gasteiger partial charge in [-0.05, 0) is 24.0 Å². The number of nitrogens with one attached hydrogen (secondary N) is 1. The molecule has 0 spiro atoms. The molecule has 0 aliphatic heterocycles. The van der Waals surface area contributed by atoms with Gasteiger partial charge in [0.15, 0.2) is 0 Å². The van der Waals surface area contributed by atoms with Crippen molar-refractivity contribution in [2.75, 3.05) is 6.54 Å². The lowest BCUT2D eigenvalue weighted by Gasteiger charge is -2.21. The Labute approximate surface area is 98.3 Å². The molecule has 92 valence electrons. The predicted molar refractivity (Wildman–Crippen MR) is 61.5 cm³/mol. The molecule has 1 aliphatic carbocycles. The molecule has 0 bridgehead atoms. The molecular formula is C13H14F3N. The summed E-state index contributed by atoms with van der Waals surface area (Å²) in [7, 11) is 0. The number of hydrogen-bond donors (Lipinski definition) is 1. The van der Waals surface area contributed by atoms with Gasteiger partial charge in [-0.3, -0.25) is 5.32 Å². The molecule has 1 fully saturated rings. The van der Waals surface area contributed by atoms with Crippen LogP contribution in [-0.4, -0.2) is 18.3 Å². The molecule has 1 aromatic carbocycles. The lowest BCUT2D eigenvalue weighted by atomic mass is 10.1. The van der Waals surface area contributed by atoms with Crippen molar-refractivity contribution < 1.29 is 13.2 Å². The highest BCUT2D eigenvalue weighted by molar-refractivity contribution is 5.64. The van der Waals surface area contributed by atoms with Crippen LogP contribution in [0.3, 0.4) is 0 Å². The van der Waals surface area contributed by atoms with Crippen LogP contribution in [0.1, 0.15) is 18.4 Å². The van der Waals surface area contributed by atoms with Crippen LogP contribution in [0.25, 0.3) is 5.57 Å². The average Bonchev–Trinajstić information content (AvgIpc) is 3.07. The van der Waals surface area contributed by atoms with Gasteiger partial charge in [0.05, 0.1) is 0 Å². The van der Waals surface area contributed by atoms with Crippen molar-refractivity contribution in [3.8, 4) is 0 Å². The standard InChI is InChI=1S/C13H14F3N/c1-10(11-5-3-2-4-6-11)9-17-12(7-8-12)13(14,15)16/h2-6,17H,1,7-9H2. The molecule has 1 saturated carbocycles.